The van der Waals surface area contributed by atoms with Crippen molar-refractivity contribution in [2.75, 3.05) is 6.54 Å². The molecule has 1 amide bonds. The Labute approximate surface area is 98.8 Å². The van der Waals surface area contributed by atoms with E-state index in [1.165, 1.54) is 0 Å². The molecule has 0 radical (unpaired) electrons. The van der Waals surface area contributed by atoms with Crippen LogP contribution in [0.5, 0.6) is 0 Å². The predicted molar refractivity (Wildman–Crippen MR) is 64.1 cm³/mol. The number of amides is 1. The highest BCUT2D eigenvalue weighted by atomic mass is 16.5. The third-order valence-corrected chi connectivity index (χ3v) is 4.10. The first-order valence-corrected chi connectivity index (χ1v) is 6.17. The zero-order valence-corrected chi connectivity index (χ0v) is 11.2. The van der Waals surface area contributed by atoms with Gasteiger partial charge in [-0.3, -0.25) is 10.0 Å². The van der Waals surface area contributed by atoms with Crippen molar-refractivity contribution in [3.63, 3.8) is 0 Å². The molecule has 1 aliphatic heterocycles. The van der Waals surface area contributed by atoms with Crippen molar-refractivity contribution < 1.29 is 10.0 Å². The molecule has 0 aromatic rings. The summed E-state index contributed by atoms with van der Waals surface area (Å²) in [5.41, 5.74) is 0.405. The Balaban J connectivity index is 2.68. The summed E-state index contributed by atoms with van der Waals surface area (Å²) in [6.07, 6.45) is 2.71. The number of hydroxylamine groups is 2. The van der Waals surface area contributed by atoms with Crippen molar-refractivity contribution in [1.29, 1.82) is 0 Å². The fourth-order valence-electron chi connectivity index (χ4n) is 2.72. The number of hydrogen-bond donors (Lipinski definition) is 1. The molecule has 0 spiro atoms. The van der Waals surface area contributed by atoms with E-state index in [-0.39, 0.29) is 17.2 Å². The minimum absolute atomic E-state index is 0.104. The molecule has 1 saturated heterocycles. The summed E-state index contributed by atoms with van der Waals surface area (Å²) in [6.45, 7) is 11.6. The van der Waals surface area contributed by atoms with Crippen LogP contribution in [0.4, 0.5) is 0 Å². The Morgan fingerprint density at radius 1 is 1.38 bits per heavy atom. The zero-order chi connectivity index (χ0) is 12.6. The number of carbonyl (C=O) groups is 1. The highest BCUT2D eigenvalue weighted by Crippen LogP contribution is 2.44. The highest BCUT2D eigenvalue weighted by Gasteiger charge is 2.41. The van der Waals surface area contributed by atoms with E-state index in [9.17, 15) is 10.0 Å². The maximum Gasteiger partial charge on any atom is 0.246 e. The van der Waals surface area contributed by atoms with E-state index in [4.69, 9.17) is 0 Å². The van der Waals surface area contributed by atoms with E-state index in [1.54, 1.807) is 0 Å². The zero-order valence-electron chi connectivity index (χ0n) is 11.2. The average Bonchev–Trinajstić information content (AvgIpc) is 2.46. The molecular weight excluding hydrogens is 202 g/mol. The molecule has 3 nitrogen and oxygen atoms in total. The minimum Gasteiger partial charge on any atom is -0.286 e. The smallest absolute Gasteiger partial charge is 0.246 e. The molecule has 0 aromatic carbocycles. The molecule has 0 aromatic heterocycles. The molecule has 3 heteroatoms. The van der Waals surface area contributed by atoms with Crippen LogP contribution in [-0.4, -0.2) is 22.7 Å². The van der Waals surface area contributed by atoms with E-state index in [0.717, 1.165) is 17.9 Å². The highest BCUT2D eigenvalue weighted by molar-refractivity contribution is 5.77. The summed E-state index contributed by atoms with van der Waals surface area (Å²) in [7, 11) is 0. The lowest BCUT2D eigenvalue weighted by molar-refractivity contribution is -0.157. The standard InChI is InChI=1S/C13H25NO2/c1-6-12(2,3)9-13(4,5)10-7-11(15)14(16)8-10/h10,16H,6-9H2,1-5H3. The molecule has 0 saturated carbocycles. The minimum atomic E-state index is -0.132. The van der Waals surface area contributed by atoms with Gasteiger partial charge < -0.3 is 0 Å². The van der Waals surface area contributed by atoms with Crippen molar-refractivity contribution in [1.82, 2.24) is 5.06 Å². The summed E-state index contributed by atoms with van der Waals surface area (Å²) in [4.78, 5) is 11.3. The van der Waals surface area contributed by atoms with E-state index in [1.807, 2.05) is 0 Å². The molecule has 1 fully saturated rings. The molecule has 94 valence electrons. The van der Waals surface area contributed by atoms with Crippen molar-refractivity contribution in [2.45, 2.75) is 53.9 Å². The maximum absolute atomic E-state index is 11.3. The lowest BCUT2D eigenvalue weighted by Gasteiger charge is -2.38. The van der Waals surface area contributed by atoms with Crippen LogP contribution in [-0.2, 0) is 4.79 Å². The van der Waals surface area contributed by atoms with Crippen LogP contribution < -0.4 is 0 Å². The fraction of sp³-hybridized carbons (Fsp3) is 0.923. The Morgan fingerprint density at radius 2 is 1.94 bits per heavy atom. The summed E-state index contributed by atoms with van der Waals surface area (Å²) < 4.78 is 0. The van der Waals surface area contributed by atoms with Crippen LogP contribution in [0.15, 0.2) is 0 Å². The van der Waals surface area contributed by atoms with Crippen LogP contribution in [0.2, 0.25) is 0 Å². The van der Waals surface area contributed by atoms with Gasteiger partial charge in [0.25, 0.3) is 0 Å². The van der Waals surface area contributed by atoms with Gasteiger partial charge in [-0.05, 0) is 23.2 Å². The summed E-state index contributed by atoms with van der Waals surface area (Å²) in [6, 6.07) is 0. The van der Waals surface area contributed by atoms with Crippen LogP contribution >= 0.6 is 0 Å². The van der Waals surface area contributed by atoms with Gasteiger partial charge in [-0.2, -0.15) is 0 Å². The van der Waals surface area contributed by atoms with Crippen molar-refractivity contribution in [3.8, 4) is 0 Å². The third kappa shape index (κ3) is 2.97. The van der Waals surface area contributed by atoms with E-state index < -0.39 is 0 Å². The van der Waals surface area contributed by atoms with Gasteiger partial charge in [0.05, 0.1) is 6.54 Å². The van der Waals surface area contributed by atoms with Gasteiger partial charge in [0.1, 0.15) is 0 Å². The summed E-state index contributed by atoms with van der Waals surface area (Å²) in [5, 5.41) is 10.3. The van der Waals surface area contributed by atoms with Gasteiger partial charge in [-0.25, -0.2) is 5.06 Å². The second-order valence-corrected chi connectivity index (χ2v) is 6.56. The van der Waals surface area contributed by atoms with E-state index in [0.29, 0.717) is 18.4 Å². The lowest BCUT2D eigenvalue weighted by Crippen LogP contribution is -2.31. The van der Waals surface area contributed by atoms with Gasteiger partial charge in [0.2, 0.25) is 5.91 Å². The molecule has 1 unspecified atom stereocenters. The number of rotatable bonds is 4. The van der Waals surface area contributed by atoms with Crippen molar-refractivity contribution >= 4 is 5.91 Å². The maximum atomic E-state index is 11.3. The Hall–Kier alpha value is -0.570. The van der Waals surface area contributed by atoms with Crippen LogP contribution in [0, 0.1) is 16.7 Å². The number of hydrogen-bond acceptors (Lipinski definition) is 2. The third-order valence-electron chi connectivity index (χ3n) is 4.10. The molecule has 1 N–H and O–H groups in total. The molecule has 1 rings (SSSR count). The first-order chi connectivity index (χ1) is 7.18. The Morgan fingerprint density at radius 3 is 2.31 bits per heavy atom. The Kier molecular flexibility index (Phi) is 3.68. The molecule has 0 aliphatic carbocycles. The van der Waals surface area contributed by atoms with E-state index in [2.05, 4.69) is 34.6 Å². The SMILES string of the molecule is CCC(C)(C)CC(C)(C)C1CC(=O)N(O)C1. The first-order valence-electron chi connectivity index (χ1n) is 6.17. The molecule has 1 aliphatic rings. The largest absolute Gasteiger partial charge is 0.286 e. The monoisotopic (exact) mass is 227 g/mol. The topological polar surface area (TPSA) is 40.5 Å². The van der Waals surface area contributed by atoms with Gasteiger partial charge >= 0.3 is 0 Å². The average molecular weight is 227 g/mol. The van der Waals surface area contributed by atoms with Gasteiger partial charge in [-0.15, -0.1) is 0 Å². The van der Waals surface area contributed by atoms with E-state index >= 15 is 0 Å². The number of nitrogens with zero attached hydrogens (tertiary/aromatic N) is 1. The molecular formula is C13H25NO2. The quantitative estimate of drug-likeness (QED) is 0.750. The number of carbonyl (C=O) groups excluding carboxylic acids is 1. The Bertz CT molecular complexity index is 271. The first kappa shape index (κ1) is 13.5. The van der Waals surface area contributed by atoms with Crippen molar-refractivity contribution in [2.24, 2.45) is 16.7 Å². The molecule has 0 bridgehead atoms. The molecule has 1 heterocycles. The summed E-state index contributed by atoms with van der Waals surface area (Å²) in [5.74, 6) is 0.142. The molecule has 16 heavy (non-hydrogen) atoms. The second kappa shape index (κ2) is 4.36. The second-order valence-electron chi connectivity index (χ2n) is 6.56. The van der Waals surface area contributed by atoms with Crippen LogP contribution in [0.25, 0.3) is 0 Å². The predicted octanol–water partition coefficient (Wildman–Crippen LogP) is 3.08. The van der Waals surface area contributed by atoms with Gasteiger partial charge in [-0.1, -0.05) is 41.0 Å². The van der Waals surface area contributed by atoms with Crippen molar-refractivity contribution in [3.05, 3.63) is 0 Å². The van der Waals surface area contributed by atoms with Gasteiger partial charge in [0, 0.05) is 6.42 Å². The fourth-order valence-corrected chi connectivity index (χ4v) is 2.72. The normalized spacial score (nSPS) is 23.0. The summed E-state index contributed by atoms with van der Waals surface area (Å²) >= 11 is 0. The van der Waals surface area contributed by atoms with Crippen LogP contribution in [0.3, 0.4) is 0 Å². The van der Waals surface area contributed by atoms with Gasteiger partial charge in [0.15, 0.2) is 0 Å². The molecule has 1 atom stereocenters. The van der Waals surface area contributed by atoms with Crippen LogP contribution in [0.1, 0.15) is 53.9 Å². The lowest BCUT2D eigenvalue weighted by atomic mass is 9.67.